The first-order valence-electron chi connectivity index (χ1n) is 7.28. The van der Waals surface area contributed by atoms with Gasteiger partial charge in [-0.2, -0.15) is 10.1 Å². The predicted octanol–water partition coefficient (Wildman–Crippen LogP) is 4.07. The summed E-state index contributed by atoms with van der Waals surface area (Å²) in [4.78, 5) is 14.3. The van der Waals surface area contributed by atoms with Crippen molar-refractivity contribution in [1.82, 2.24) is 14.6 Å². The second-order valence-corrected chi connectivity index (χ2v) is 4.65. The number of benzene rings is 1. The van der Waals surface area contributed by atoms with Gasteiger partial charge in [0.15, 0.2) is 0 Å². The fourth-order valence-corrected chi connectivity index (χ4v) is 2.07. The third kappa shape index (κ3) is 3.28. The highest BCUT2D eigenvalue weighted by atomic mass is 16.6. The number of aryl methyl sites for hydroxylation is 2. The highest BCUT2D eigenvalue weighted by Gasteiger charge is 2.12. The van der Waals surface area contributed by atoms with Gasteiger partial charge in [-0.3, -0.25) is 10.1 Å². The van der Waals surface area contributed by atoms with Crippen LogP contribution in [0.1, 0.15) is 25.0 Å². The van der Waals surface area contributed by atoms with E-state index >= 15 is 0 Å². The molecule has 0 radical (unpaired) electrons. The molecule has 0 spiro atoms. The SMILES string of the molecule is CC.Cc1cn2ncnc(Oc3ccc([N+](=O)[O-])cc3)c2c1C. The van der Waals surface area contributed by atoms with E-state index in [-0.39, 0.29) is 5.69 Å². The lowest BCUT2D eigenvalue weighted by Crippen LogP contribution is -1.96. The quantitative estimate of drug-likeness (QED) is 0.537. The molecule has 0 saturated heterocycles. The molecule has 0 aliphatic carbocycles. The third-order valence-electron chi connectivity index (χ3n) is 3.31. The second kappa shape index (κ2) is 6.87. The summed E-state index contributed by atoms with van der Waals surface area (Å²) in [7, 11) is 0. The van der Waals surface area contributed by atoms with Crippen LogP contribution in [-0.4, -0.2) is 19.5 Å². The number of rotatable bonds is 3. The first-order valence-corrected chi connectivity index (χ1v) is 7.28. The number of nitro groups is 1. The molecule has 7 nitrogen and oxygen atoms in total. The molecule has 0 saturated carbocycles. The van der Waals surface area contributed by atoms with Crippen LogP contribution in [0.15, 0.2) is 36.8 Å². The van der Waals surface area contributed by atoms with Crippen molar-refractivity contribution in [2.24, 2.45) is 0 Å². The fraction of sp³-hybridized carbons (Fsp3) is 0.250. The monoisotopic (exact) mass is 314 g/mol. The zero-order chi connectivity index (χ0) is 17.0. The van der Waals surface area contributed by atoms with Crippen molar-refractivity contribution in [3.63, 3.8) is 0 Å². The van der Waals surface area contributed by atoms with Gasteiger partial charge >= 0.3 is 0 Å². The van der Waals surface area contributed by atoms with Gasteiger partial charge in [-0.05, 0) is 37.1 Å². The summed E-state index contributed by atoms with van der Waals surface area (Å²) < 4.78 is 7.43. The number of hydrogen-bond donors (Lipinski definition) is 0. The van der Waals surface area contributed by atoms with Crippen LogP contribution in [-0.2, 0) is 0 Å². The van der Waals surface area contributed by atoms with Crippen LogP contribution in [0.5, 0.6) is 11.6 Å². The third-order valence-corrected chi connectivity index (χ3v) is 3.31. The number of ether oxygens (including phenoxy) is 1. The molecule has 0 amide bonds. The highest BCUT2D eigenvalue weighted by molar-refractivity contribution is 5.65. The molecule has 0 atom stereocenters. The molecule has 3 rings (SSSR count). The lowest BCUT2D eigenvalue weighted by molar-refractivity contribution is -0.384. The van der Waals surface area contributed by atoms with E-state index in [1.54, 1.807) is 16.6 Å². The van der Waals surface area contributed by atoms with Crippen molar-refractivity contribution in [2.45, 2.75) is 27.7 Å². The van der Waals surface area contributed by atoms with E-state index in [4.69, 9.17) is 4.74 Å². The van der Waals surface area contributed by atoms with E-state index in [1.807, 2.05) is 33.9 Å². The smallest absolute Gasteiger partial charge is 0.269 e. The Bertz CT molecular complexity index is 825. The summed E-state index contributed by atoms with van der Waals surface area (Å²) in [5, 5.41) is 14.8. The molecule has 120 valence electrons. The Morgan fingerprint density at radius 2 is 1.83 bits per heavy atom. The van der Waals surface area contributed by atoms with Crippen LogP contribution in [0.2, 0.25) is 0 Å². The van der Waals surface area contributed by atoms with Crippen LogP contribution in [0.3, 0.4) is 0 Å². The van der Waals surface area contributed by atoms with Gasteiger partial charge in [0.2, 0.25) is 5.88 Å². The van der Waals surface area contributed by atoms with Crippen molar-refractivity contribution in [3.05, 3.63) is 58.0 Å². The van der Waals surface area contributed by atoms with Crippen LogP contribution in [0, 0.1) is 24.0 Å². The van der Waals surface area contributed by atoms with Gasteiger partial charge in [0, 0.05) is 18.3 Å². The molecule has 1 aromatic carbocycles. The van der Waals surface area contributed by atoms with Gasteiger partial charge in [0.1, 0.15) is 17.6 Å². The number of nitrogens with zero attached hydrogens (tertiary/aromatic N) is 4. The second-order valence-electron chi connectivity index (χ2n) is 4.65. The highest BCUT2D eigenvalue weighted by Crippen LogP contribution is 2.28. The number of non-ortho nitro benzene ring substituents is 1. The first-order chi connectivity index (χ1) is 11.1. The lowest BCUT2D eigenvalue weighted by Gasteiger charge is -2.06. The number of hydrogen-bond acceptors (Lipinski definition) is 5. The van der Waals surface area contributed by atoms with Crippen molar-refractivity contribution < 1.29 is 9.66 Å². The van der Waals surface area contributed by atoms with Crippen LogP contribution >= 0.6 is 0 Å². The minimum absolute atomic E-state index is 0.0184. The summed E-state index contributed by atoms with van der Waals surface area (Å²) in [6, 6.07) is 5.87. The van der Waals surface area contributed by atoms with Gasteiger partial charge in [0.25, 0.3) is 5.69 Å². The zero-order valence-corrected chi connectivity index (χ0v) is 13.5. The summed E-state index contributed by atoms with van der Waals surface area (Å²) in [5.74, 6) is 0.906. The maximum absolute atomic E-state index is 10.6. The lowest BCUT2D eigenvalue weighted by atomic mass is 10.2. The number of fused-ring (bicyclic) bond motifs is 1. The van der Waals surface area contributed by atoms with Crippen molar-refractivity contribution in [3.8, 4) is 11.6 Å². The average Bonchev–Trinajstić information content (AvgIpc) is 2.85. The molecule has 0 aliphatic rings. The maximum atomic E-state index is 10.6. The van der Waals surface area contributed by atoms with E-state index in [0.29, 0.717) is 11.6 Å². The molecule has 0 aliphatic heterocycles. The van der Waals surface area contributed by atoms with Gasteiger partial charge in [-0.15, -0.1) is 0 Å². The Hall–Kier alpha value is -2.96. The molecular weight excluding hydrogens is 296 g/mol. The summed E-state index contributed by atoms with van der Waals surface area (Å²) in [6.45, 7) is 7.95. The van der Waals surface area contributed by atoms with E-state index in [1.165, 1.54) is 18.5 Å². The van der Waals surface area contributed by atoms with E-state index < -0.39 is 4.92 Å². The first kappa shape index (κ1) is 16.4. The molecule has 0 N–H and O–H groups in total. The summed E-state index contributed by atoms with van der Waals surface area (Å²) in [6.07, 6.45) is 3.31. The minimum Gasteiger partial charge on any atom is -0.437 e. The molecule has 3 aromatic rings. The van der Waals surface area contributed by atoms with Crippen molar-refractivity contribution in [1.29, 1.82) is 0 Å². The topological polar surface area (TPSA) is 82.6 Å². The molecule has 0 unspecified atom stereocenters. The van der Waals surface area contributed by atoms with Crippen LogP contribution in [0.4, 0.5) is 5.69 Å². The number of nitro benzene ring substituents is 1. The van der Waals surface area contributed by atoms with Gasteiger partial charge in [-0.1, -0.05) is 13.8 Å². The Labute approximate surface area is 133 Å². The van der Waals surface area contributed by atoms with Crippen molar-refractivity contribution in [2.75, 3.05) is 0 Å². The predicted molar refractivity (Wildman–Crippen MR) is 87.0 cm³/mol. The van der Waals surface area contributed by atoms with E-state index in [9.17, 15) is 10.1 Å². The number of aromatic nitrogens is 3. The minimum atomic E-state index is -0.451. The largest absolute Gasteiger partial charge is 0.437 e. The van der Waals surface area contributed by atoms with Gasteiger partial charge < -0.3 is 4.74 Å². The molecule has 0 fully saturated rings. The molecule has 2 aromatic heterocycles. The Morgan fingerprint density at radius 3 is 2.43 bits per heavy atom. The van der Waals surface area contributed by atoms with E-state index in [0.717, 1.165) is 16.6 Å². The van der Waals surface area contributed by atoms with Crippen LogP contribution < -0.4 is 4.74 Å². The molecular formula is C16H18N4O3. The molecule has 0 bridgehead atoms. The normalized spacial score (nSPS) is 10.1. The van der Waals surface area contributed by atoms with Crippen molar-refractivity contribution >= 4 is 11.2 Å². The molecule has 7 heteroatoms. The Kier molecular flexibility index (Phi) is 4.90. The maximum Gasteiger partial charge on any atom is 0.269 e. The standard InChI is InChI=1S/C14H12N4O3.C2H6/c1-9-7-17-13(10(9)2)14(15-8-16-17)21-12-5-3-11(4-6-12)18(19)20;1-2/h3-8H,1-2H3;1-2H3. The Morgan fingerprint density at radius 1 is 1.17 bits per heavy atom. The van der Waals surface area contributed by atoms with Gasteiger partial charge in [-0.25, -0.2) is 4.52 Å². The van der Waals surface area contributed by atoms with Gasteiger partial charge in [0.05, 0.1) is 4.92 Å². The Balaban J connectivity index is 0.000000924. The summed E-state index contributed by atoms with van der Waals surface area (Å²) >= 11 is 0. The summed E-state index contributed by atoms with van der Waals surface area (Å²) in [5.41, 5.74) is 2.93. The molecule has 23 heavy (non-hydrogen) atoms. The van der Waals surface area contributed by atoms with Crippen LogP contribution in [0.25, 0.3) is 5.52 Å². The fourth-order valence-electron chi connectivity index (χ4n) is 2.07. The zero-order valence-electron chi connectivity index (χ0n) is 13.5. The molecule has 2 heterocycles. The average molecular weight is 314 g/mol. The van der Waals surface area contributed by atoms with E-state index in [2.05, 4.69) is 10.1 Å².